The summed E-state index contributed by atoms with van der Waals surface area (Å²) in [6.07, 6.45) is 0.813. The number of carbonyl (C=O) groups excluding carboxylic acids is 2. The highest BCUT2D eigenvalue weighted by Gasteiger charge is 2.48. The number of rotatable bonds is 8. The molecule has 0 saturated carbocycles. The van der Waals surface area contributed by atoms with Crippen LogP contribution >= 0.6 is 11.3 Å². The predicted molar refractivity (Wildman–Crippen MR) is 146 cm³/mol. The molecule has 0 radical (unpaired) electrons. The van der Waals surface area contributed by atoms with Crippen molar-refractivity contribution in [2.45, 2.75) is 26.3 Å². The molecule has 2 N–H and O–H groups in total. The lowest BCUT2D eigenvalue weighted by molar-refractivity contribution is -0.132. The standard InChI is InChI=1S/C29H26N2O6S/c1-3-13-37-20-10-6-8-18(15-20)26(33)24-25(17-7-5-9-19(32)14-17)31(28(35)27(24)34)29-30-22-12-11-21(36-4-2)16-23(22)38-29/h5-12,14-16,25,32-33H,3-4,13H2,1-2H3. The third kappa shape index (κ3) is 4.68. The number of Topliss-reactive ketones (excluding diaryl/α,β-unsaturated/α-hetero) is 1. The Bertz CT molecular complexity index is 1560. The highest BCUT2D eigenvalue weighted by Crippen LogP contribution is 2.45. The number of nitrogens with zero attached hydrogens (tertiary/aromatic N) is 2. The van der Waals surface area contributed by atoms with E-state index in [2.05, 4.69) is 4.98 Å². The number of benzene rings is 3. The van der Waals surface area contributed by atoms with Crippen molar-refractivity contribution in [3.05, 3.63) is 83.4 Å². The van der Waals surface area contributed by atoms with E-state index in [0.717, 1.165) is 11.1 Å². The molecule has 5 rings (SSSR count). The molecule has 0 bridgehead atoms. The normalized spacial score (nSPS) is 16.8. The number of aliphatic hydroxyl groups excluding tert-OH is 1. The van der Waals surface area contributed by atoms with Crippen LogP contribution in [0.4, 0.5) is 5.13 Å². The van der Waals surface area contributed by atoms with Crippen molar-refractivity contribution in [3.63, 3.8) is 0 Å². The van der Waals surface area contributed by atoms with Crippen molar-refractivity contribution in [3.8, 4) is 17.2 Å². The minimum absolute atomic E-state index is 0.0336. The van der Waals surface area contributed by atoms with Gasteiger partial charge in [-0.2, -0.15) is 0 Å². The number of aromatic hydroxyl groups is 1. The molecule has 9 heteroatoms. The highest BCUT2D eigenvalue weighted by atomic mass is 32.1. The largest absolute Gasteiger partial charge is 0.508 e. The Balaban J connectivity index is 1.66. The lowest BCUT2D eigenvalue weighted by Gasteiger charge is -2.23. The van der Waals surface area contributed by atoms with E-state index in [4.69, 9.17) is 9.47 Å². The first kappa shape index (κ1) is 25.3. The van der Waals surface area contributed by atoms with Crippen molar-refractivity contribution in [2.24, 2.45) is 0 Å². The van der Waals surface area contributed by atoms with Crippen LogP contribution in [0.25, 0.3) is 16.0 Å². The maximum atomic E-state index is 13.5. The molecule has 38 heavy (non-hydrogen) atoms. The van der Waals surface area contributed by atoms with E-state index in [1.807, 2.05) is 19.9 Å². The first-order valence-corrected chi connectivity index (χ1v) is 13.1. The molecule has 8 nitrogen and oxygen atoms in total. The maximum absolute atomic E-state index is 13.5. The van der Waals surface area contributed by atoms with Crippen LogP contribution in [0.5, 0.6) is 17.2 Å². The number of ether oxygens (including phenoxy) is 2. The highest BCUT2D eigenvalue weighted by molar-refractivity contribution is 7.22. The van der Waals surface area contributed by atoms with Crippen LogP contribution in [0, 0.1) is 0 Å². The van der Waals surface area contributed by atoms with Crippen molar-refractivity contribution in [1.29, 1.82) is 0 Å². The molecule has 1 saturated heterocycles. The number of aromatic nitrogens is 1. The second kappa shape index (κ2) is 10.5. The molecule has 1 unspecified atom stereocenters. The average Bonchev–Trinajstić information content (AvgIpc) is 3.45. The molecule has 1 aromatic heterocycles. The van der Waals surface area contributed by atoms with E-state index in [-0.39, 0.29) is 17.1 Å². The molecule has 4 aromatic rings. The van der Waals surface area contributed by atoms with Gasteiger partial charge in [0.05, 0.1) is 35.0 Å². The average molecular weight is 531 g/mol. The summed E-state index contributed by atoms with van der Waals surface area (Å²) in [6.45, 7) is 4.89. The number of amides is 1. The second-order valence-corrected chi connectivity index (χ2v) is 9.71. The number of thiazole rings is 1. The van der Waals surface area contributed by atoms with Gasteiger partial charge >= 0.3 is 5.91 Å². The van der Waals surface area contributed by atoms with E-state index >= 15 is 0 Å². The smallest absolute Gasteiger partial charge is 0.301 e. The number of aliphatic hydroxyl groups is 1. The molecule has 1 amide bonds. The molecule has 1 fully saturated rings. The van der Waals surface area contributed by atoms with E-state index < -0.39 is 17.7 Å². The molecule has 2 heterocycles. The zero-order valence-corrected chi connectivity index (χ0v) is 21.7. The molecule has 194 valence electrons. The number of fused-ring (bicyclic) bond motifs is 1. The first-order valence-electron chi connectivity index (χ1n) is 12.3. The Labute approximate surface area is 223 Å². The summed E-state index contributed by atoms with van der Waals surface area (Å²) in [7, 11) is 0. The molecule has 1 aliphatic heterocycles. The monoisotopic (exact) mass is 530 g/mol. The summed E-state index contributed by atoms with van der Waals surface area (Å²) in [5.74, 6) is -0.816. The predicted octanol–water partition coefficient (Wildman–Crippen LogP) is 5.82. The van der Waals surface area contributed by atoms with Crippen LogP contribution in [-0.4, -0.2) is 40.1 Å². The van der Waals surface area contributed by atoms with E-state index in [0.29, 0.717) is 46.5 Å². The van der Waals surface area contributed by atoms with Crippen LogP contribution in [0.3, 0.4) is 0 Å². The topological polar surface area (TPSA) is 109 Å². The van der Waals surface area contributed by atoms with Gasteiger partial charge in [-0.3, -0.25) is 14.5 Å². The lowest BCUT2D eigenvalue weighted by Crippen LogP contribution is -2.29. The van der Waals surface area contributed by atoms with Crippen LogP contribution in [0.15, 0.2) is 72.3 Å². The molecule has 3 aromatic carbocycles. The van der Waals surface area contributed by atoms with Gasteiger partial charge in [0.1, 0.15) is 23.0 Å². The van der Waals surface area contributed by atoms with Crippen molar-refractivity contribution >= 4 is 44.1 Å². The van der Waals surface area contributed by atoms with E-state index in [1.54, 1.807) is 48.5 Å². The summed E-state index contributed by atoms with van der Waals surface area (Å²) in [4.78, 5) is 32.8. The van der Waals surface area contributed by atoms with Gasteiger partial charge in [0.15, 0.2) is 5.13 Å². The lowest BCUT2D eigenvalue weighted by atomic mass is 9.95. The van der Waals surface area contributed by atoms with Gasteiger partial charge in [-0.15, -0.1) is 0 Å². The first-order chi connectivity index (χ1) is 18.4. The third-order valence-electron chi connectivity index (χ3n) is 6.08. The number of carbonyl (C=O) groups is 2. The minimum Gasteiger partial charge on any atom is -0.508 e. The van der Waals surface area contributed by atoms with Crippen molar-refractivity contribution in [1.82, 2.24) is 4.98 Å². The van der Waals surface area contributed by atoms with Gasteiger partial charge < -0.3 is 19.7 Å². The number of hydrogen-bond donors (Lipinski definition) is 2. The molecule has 0 spiro atoms. The fourth-order valence-corrected chi connectivity index (χ4v) is 5.42. The van der Waals surface area contributed by atoms with Crippen LogP contribution in [0.1, 0.15) is 37.4 Å². The van der Waals surface area contributed by atoms with Gasteiger partial charge in [0, 0.05) is 5.56 Å². The van der Waals surface area contributed by atoms with Crippen molar-refractivity contribution < 1.29 is 29.3 Å². The number of phenols is 1. The maximum Gasteiger partial charge on any atom is 0.301 e. The Morgan fingerprint density at radius 1 is 1.00 bits per heavy atom. The van der Waals surface area contributed by atoms with Gasteiger partial charge in [-0.25, -0.2) is 4.98 Å². The Morgan fingerprint density at radius 3 is 2.55 bits per heavy atom. The van der Waals surface area contributed by atoms with Crippen molar-refractivity contribution in [2.75, 3.05) is 18.1 Å². The molecular formula is C29H26N2O6S. The van der Waals surface area contributed by atoms with E-state index in [9.17, 15) is 19.8 Å². The zero-order valence-electron chi connectivity index (χ0n) is 20.9. The summed E-state index contributed by atoms with van der Waals surface area (Å²) < 4.78 is 12.1. The Hall–Kier alpha value is -4.37. The quantitative estimate of drug-likeness (QED) is 0.168. The summed E-state index contributed by atoms with van der Waals surface area (Å²) in [5.41, 5.74) is 1.35. The summed E-state index contributed by atoms with van der Waals surface area (Å²) in [5, 5.41) is 21.9. The van der Waals surface area contributed by atoms with Crippen LogP contribution in [-0.2, 0) is 9.59 Å². The fourth-order valence-electron chi connectivity index (χ4n) is 4.40. The summed E-state index contributed by atoms with van der Waals surface area (Å²) >= 11 is 1.24. The SMILES string of the molecule is CCCOc1cccc(C(O)=C2C(=O)C(=O)N(c3nc4ccc(OCC)cc4s3)C2c2cccc(O)c2)c1. The third-order valence-corrected chi connectivity index (χ3v) is 7.09. The number of phenolic OH excluding ortho intramolecular Hbond substituents is 1. The van der Waals surface area contributed by atoms with E-state index in [1.165, 1.54) is 28.4 Å². The number of ketones is 1. The van der Waals surface area contributed by atoms with Gasteiger partial charge in [0.2, 0.25) is 0 Å². The second-order valence-electron chi connectivity index (χ2n) is 8.70. The Morgan fingerprint density at radius 2 is 1.79 bits per heavy atom. The number of hydrogen-bond acceptors (Lipinski definition) is 8. The van der Waals surface area contributed by atoms with Gasteiger partial charge in [-0.1, -0.05) is 42.5 Å². The fraction of sp³-hybridized carbons (Fsp3) is 0.207. The van der Waals surface area contributed by atoms with Gasteiger partial charge in [0.25, 0.3) is 5.78 Å². The van der Waals surface area contributed by atoms with Crippen LogP contribution in [0.2, 0.25) is 0 Å². The minimum atomic E-state index is -1.01. The van der Waals surface area contributed by atoms with Gasteiger partial charge in [-0.05, 0) is 61.4 Å². The molecule has 1 atom stereocenters. The number of anilines is 1. The summed E-state index contributed by atoms with van der Waals surface area (Å²) in [6, 6.07) is 17.4. The van der Waals surface area contributed by atoms with Crippen LogP contribution < -0.4 is 14.4 Å². The molecule has 1 aliphatic rings. The Kier molecular flexibility index (Phi) is 7.02. The molecular weight excluding hydrogens is 504 g/mol. The zero-order chi connectivity index (χ0) is 26.8. The molecule has 0 aliphatic carbocycles.